The number of nitrogens with one attached hydrogen (secondary N) is 1. The number of rotatable bonds is 4. The van der Waals surface area contributed by atoms with Gasteiger partial charge in [-0.3, -0.25) is 19.2 Å². The molecule has 0 aliphatic carbocycles. The normalized spacial score (nSPS) is 15.4. The smallest absolute Gasteiger partial charge is 0.172 e. The lowest BCUT2D eigenvalue weighted by atomic mass is 10.2. The maximum atomic E-state index is 10.7. The van der Waals surface area contributed by atoms with Gasteiger partial charge in [0.2, 0.25) is 0 Å². The molecule has 0 radical (unpaired) electrons. The van der Waals surface area contributed by atoms with Crippen LogP contribution in [0, 0.1) is 0 Å². The molecule has 0 spiro atoms. The monoisotopic (exact) mass is 559 g/mol. The number of carbonyl (C=O) groups is 1. The summed E-state index contributed by atoms with van der Waals surface area (Å²) < 4.78 is 14.2. The van der Waals surface area contributed by atoms with Gasteiger partial charge in [0.05, 0.1) is 33.0 Å². The first-order valence-corrected chi connectivity index (χ1v) is 14.5. The molecule has 3 atom stereocenters. The highest BCUT2D eigenvalue weighted by Gasteiger charge is 2.10. The van der Waals surface area contributed by atoms with E-state index >= 15 is 0 Å². The van der Waals surface area contributed by atoms with Crippen LogP contribution in [0.3, 0.4) is 0 Å². The molecule has 2 heterocycles. The van der Waals surface area contributed by atoms with E-state index < -0.39 is 0 Å². The summed E-state index contributed by atoms with van der Waals surface area (Å²) >= 11 is 0. The molecule has 2 aliphatic heterocycles. The molecule has 10 heteroatoms. The Bertz CT molecular complexity index is 410. The summed E-state index contributed by atoms with van der Waals surface area (Å²) in [6, 6.07) is 0. The molecule has 0 amide bonds. The van der Waals surface area contributed by atoms with Crippen LogP contribution in [0.5, 0.6) is 0 Å². The number of nitrogens with zero attached hydrogens (tertiary/aromatic N) is 2. The zero-order chi connectivity index (χ0) is 28.5. The van der Waals surface area contributed by atoms with E-state index in [2.05, 4.69) is 64.9 Å². The molecule has 0 aromatic heterocycles. The molecule has 0 aromatic carbocycles. The van der Waals surface area contributed by atoms with E-state index in [-0.39, 0.29) is 19.0 Å². The van der Waals surface area contributed by atoms with Gasteiger partial charge >= 0.3 is 0 Å². The van der Waals surface area contributed by atoms with Crippen LogP contribution >= 0.6 is 28.2 Å². The van der Waals surface area contributed by atoms with Crippen LogP contribution < -0.4 is 5.09 Å². The Morgan fingerprint density at radius 1 is 0.943 bits per heavy atom. The molecule has 0 bridgehead atoms. The Balaban J connectivity index is -0.000000109. The van der Waals surface area contributed by atoms with Crippen LogP contribution in [0.4, 0.5) is 0 Å². The Morgan fingerprint density at radius 3 is 1.71 bits per heavy atom. The number of aliphatic hydroxyl groups excluding tert-OH is 1. The molecule has 2 saturated heterocycles. The van der Waals surface area contributed by atoms with Gasteiger partial charge in [-0.1, -0.05) is 102 Å². The third kappa shape index (κ3) is 44.6. The van der Waals surface area contributed by atoms with Crippen LogP contribution in [-0.4, -0.2) is 86.0 Å². The summed E-state index contributed by atoms with van der Waals surface area (Å²) in [6.07, 6.45) is 2.27. The number of aliphatic hydroxyl groups is 1. The lowest BCUT2D eigenvalue weighted by Crippen LogP contribution is -2.20. The highest BCUT2D eigenvalue weighted by molar-refractivity contribution is 7.13. The van der Waals surface area contributed by atoms with Gasteiger partial charge in [-0.15, -0.1) is 0 Å². The number of hydrogen-bond donors (Lipinski definition) is 2. The average Bonchev–Trinajstić information content (AvgIpc) is 3.21. The third-order valence-corrected chi connectivity index (χ3v) is 4.85. The first-order chi connectivity index (χ1) is 16.8. The third-order valence-electron chi connectivity index (χ3n) is 3.68. The molecule has 0 saturated carbocycles. The highest BCUT2D eigenvalue weighted by Crippen LogP contribution is 2.06. The van der Waals surface area contributed by atoms with E-state index in [0.29, 0.717) is 19.7 Å². The summed E-state index contributed by atoms with van der Waals surface area (Å²) in [5, 5.41) is 10.7. The Kier molecular flexibility index (Phi) is 53.3. The molecule has 0 aromatic rings. The fourth-order valence-electron chi connectivity index (χ4n) is 1.84. The molecule has 7 nitrogen and oxygen atoms in total. The number of Topliss-reactive ketones (excluding diaryl/α,β-unsaturated/α-hetero) is 1. The van der Waals surface area contributed by atoms with E-state index in [0.717, 1.165) is 51.3 Å². The fourth-order valence-corrected chi connectivity index (χ4v) is 2.65. The van der Waals surface area contributed by atoms with Crippen molar-refractivity contribution in [3.8, 4) is 0 Å². The summed E-state index contributed by atoms with van der Waals surface area (Å²) in [6.45, 7) is 30.5. The molecule has 2 aliphatic rings. The van der Waals surface area contributed by atoms with E-state index in [1.807, 2.05) is 46.2 Å². The van der Waals surface area contributed by atoms with Crippen molar-refractivity contribution in [2.75, 3.05) is 65.8 Å². The Labute approximate surface area is 226 Å². The van der Waals surface area contributed by atoms with Gasteiger partial charge in [0, 0.05) is 26.2 Å². The second kappa shape index (κ2) is 41.3. The lowest BCUT2D eigenvalue weighted by Gasteiger charge is -2.10. The van der Waals surface area contributed by atoms with E-state index in [4.69, 9.17) is 14.6 Å². The number of carbonyl (C=O) groups excluding carboxylic acids is 1. The van der Waals surface area contributed by atoms with Crippen LogP contribution in [0.1, 0.15) is 68.2 Å². The quantitative estimate of drug-likeness (QED) is 0.365. The number of ketones is 1. The summed E-state index contributed by atoms with van der Waals surface area (Å²) in [4.78, 5) is 10.7. The van der Waals surface area contributed by atoms with E-state index in [9.17, 15) is 4.79 Å². The largest absolute Gasteiger partial charge is 0.395 e. The topological polar surface area (TPSA) is 74.3 Å². The van der Waals surface area contributed by atoms with Crippen LogP contribution in [0.25, 0.3) is 0 Å². The van der Waals surface area contributed by atoms with Gasteiger partial charge in [0.1, 0.15) is 6.61 Å². The van der Waals surface area contributed by atoms with E-state index in [1.54, 1.807) is 0 Å². The number of hydrogen-bond acceptors (Lipinski definition) is 7. The highest BCUT2D eigenvalue weighted by atomic mass is 31.0. The van der Waals surface area contributed by atoms with Gasteiger partial charge in [0.15, 0.2) is 5.78 Å². The maximum absolute atomic E-state index is 10.7. The second-order valence-corrected chi connectivity index (χ2v) is 8.34. The zero-order valence-corrected chi connectivity index (χ0v) is 27.7. The maximum Gasteiger partial charge on any atom is 0.172 e. The standard InChI is InChI=1S/C6H12NOP.C6H12.C5H10NO2P.C2H8NOP.3C2H6/c1-6-4-7(9)2-3-8-5-6;1-4-6(3)5-2;7-5-3-6(9)1-2-8-4-5;4-2-1-3-5;3*1-2/h1-5,9H2;3-5H2,1-2H3;1-4,9H2;3-4H,1-2,5H2;3*1-2H3. The number of allylic oxidation sites excluding steroid dienone is 1. The van der Waals surface area contributed by atoms with Crippen molar-refractivity contribution in [2.24, 2.45) is 0 Å². The van der Waals surface area contributed by atoms with Gasteiger partial charge in [0.25, 0.3) is 0 Å². The van der Waals surface area contributed by atoms with Crippen molar-refractivity contribution < 1.29 is 19.4 Å². The minimum Gasteiger partial charge on any atom is -0.395 e. The Hall–Kier alpha value is 0.200. The second-order valence-electron chi connectivity index (χ2n) is 6.47. The van der Waals surface area contributed by atoms with Crippen LogP contribution in [0.2, 0.25) is 0 Å². The lowest BCUT2D eigenvalue weighted by molar-refractivity contribution is -0.121. The Morgan fingerprint density at radius 2 is 1.37 bits per heavy atom. The first kappa shape index (κ1) is 45.1. The summed E-state index contributed by atoms with van der Waals surface area (Å²) in [7, 11) is 7.44. The molecule has 3 unspecified atom stereocenters. The van der Waals surface area contributed by atoms with Gasteiger partial charge in [-0.2, -0.15) is 0 Å². The SMILES string of the molecule is C=C(CC)CC.C=C1COCCN(P)C1.CC.CC.CC.O=C1COCCN(P)C1.OCCNP. The molecule has 2 N–H and O–H groups in total. The number of ether oxygens (including phenoxy) is 2. The van der Waals surface area contributed by atoms with Crippen LogP contribution in [-0.2, 0) is 14.3 Å². The van der Waals surface area contributed by atoms with Gasteiger partial charge in [-0.25, -0.2) is 0 Å². The predicted octanol–water partition coefficient (Wildman–Crippen LogP) is 5.14. The van der Waals surface area contributed by atoms with Gasteiger partial charge < -0.3 is 14.6 Å². The van der Waals surface area contributed by atoms with Crippen molar-refractivity contribution in [1.82, 2.24) is 14.4 Å². The van der Waals surface area contributed by atoms with Crippen molar-refractivity contribution >= 4 is 34.0 Å². The van der Waals surface area contributed by atoms with E-state index in [1.165, 1.54) is 5.57 Å². The van der Waals surface area contributed by atoms with Crippen LogP contribution in [0.15, 0.2) is 24.3 Å². The zero-order valence-electron chi connectivity index (χ0n) is 24.2. The van der Waals surface area contributed by atoms with Crippen molar-refractivity contribution in [2.45, 2.75) is 68.2 Å². The van der Waals surface area contributed by atoms with Crippen molar-refractivity contribution in [3.05, 3.63) is 24.3 Å². The minimum absolute atomic E-state index is 0.155. The summed E-state index contributed by atoms with van der Waals surface area (Å²) in [5.74, 6) is 0.155. The molecular weight excluding hydrogens is 499 g/mol. The fraction of sp³-hybridized carbons (Fsp3) is 0.800. The average molecular weight is 560 g/mol. The molecule has 214 valence electrons. The minimum atomic E-state index is 0.155. The predicted molar refractivity (Wildman–Crippen MR) is 167 cm³/mol. The van der Waals surface area contributed by atoms with Gasteiger partial charge in [-0.05, 0) is 18.4 Å². The van der Waals surface area contributed by atoms with Crippen molar-refractivity contribution in [3.63, 3.8) is 0 Å². The molecule has 35 heavy (non-hydrogen) atoms. The molecular formula is C25H60N3O4P3. The molecule has 2 rings (SSSR count). The summed E-state index contributed by atoms with van der Waals surface area (Å²) in [5.41, 5.74) is 2.50. The molecule has 2 fully saturated rings. The van der Waals surface area contributed by atoms with Crippen molar-refractivity contribution in [1.29, 1.82) is 0 Å². The first-order valence-electron chi connectivity index (χ1n) is 12.8.